The second-order valence-corrected chi connectivity index (χ2v) is 4.68. The molecule has 0 bridgehead atoms. The average molecular weight is 275 g/mol. The van der Waals surface area contributed by atoms with Gasteiger partial charge in [0.05, 0.1) is 6.61 Å². The van der Waals surface area contributed by atoms with Crippen LogP contribution in [0, 0.1) is 0 Å². The van der Waals surface area contributed by atoms with Crippen molar-refractivity contribution >= 4 is 18.3 Å². The van der Waals surface area contributed by atoms with Crippen molar-refractivity contribution in [3.63, 3.8) is 0 Å². The number of hydrogen-bond donors (Lipinski definition) is 2. The third-order valence-electron chi connectivity index (χ3n) is 2.80. The molecular formula is C16H21NO3. The molecule has 0 saturated carbocycles. The molecule has 20 heavy (non-hydrogen) atoms. The molecule has 0 saturated heterocycles. The first kappa shape index (κ1) is 16.1. The van der Waals surface area contributed by atoms with Crippen LogP contribution in [0.25, 0.3) is 6.08 Å². The van der Waals surface area contributed by atoms with Crippen molar-refractivity contribution in [1.82, 2.24) is 5.32 Å². The monoisotopic (exact) mass is 275 g/mol. The van der Waals surface area contributed by atoms with E-state index in [9.17, 15) is 9.59 Å². The summed E-state index contributed by atoms with van der Waals surface area (Å²) < 4.78 is 0. The Morgan fingerprint density at radius 1 is 1.40 bits per heavy atom. The molecule has 0 aliphatic carbocycles. The van der Waals surface area contributed by atoms with Crippen molar-refractivity contribution < 1.29 is 14.7 Å². The van der Waals surface area contributed by atoms with E-state index in [0.717, 1.165) is 24.7 Å². The Morgan fingerprint density at radius 2 is 2.20 bits per heavy atom. The standard InChI is InChI=1S/C16H21NO3/c1-13(12-19)17-16(20)15-9-6-8-14(11-15)7-4-2-3-5-10-18/h4,6-11,13,19H,2-3,5,12H2,1H3,(H,17,20)/b7-4-. The van der Waals surface area contributed by atoms with Crippen molar-refractivity contribution in [2.24, 2.45) is 0 Å². The number of aliphatic hydroxyl groups is 1. The number of benzene rings is 1. The van der Waals surface area contributed by atoms with E-state index in [1.165, 1.54) is 0 Å². The van der Waals surface area contributed by atoms with Gasteiger partial charge in [0.15, 0.2) is 0 Å². The molecule has 0 spiro atoms. The molecule has 4 nitrogen and oxygen atoms in total. The van der Waals surface area contributed by atoms with Crippen molar-refractivity contribution in [1.29, 1.82) is 0 Å². The molecule has 4 heteroatoms. The molecule has 1 aromatic carbocycles. The lowest BCUT2D eigenvalue weighted by Crippen LogP contribution is -2.34. The Labute approximate surface area is 119 Å². The van der Waals surface area contributed by atoms with E-state index in [1.54, 1.807) is 19.1 Å². The zero-order chi connectivity index (χ0) is 14.8. The second-order valence-electron chi connectivity index (χ2n) is 4.68. The third kappa shape index (κ3) is 5.80. The smallest absolute Gasteiger partial charge is 0.251 e. The molecule has 1 aromatic rings. The van der Waals surface area contributed by atoms with Crippen LogP contribution in [-0.2, 0) is 4.79 Å². The minimum Gasteiger partial charge on any atom is -0.394 e. The number of aldehydes is 1. The van der Waals surface area contributed by atoms with Crippen molar-refractivity contribution in [3.05, 3.63) is 41.5 Å². The van der Waals surface area contributed by atoms with E-state index in [2.05, 4.69) is 5.32 Å². The van der Waals surface area contributed by atoms with Crippen LogP contribution in [0.15, 0.2) is 30.3 Å². The lowest BCUT2D eigenvalue weighted by molar-refractivity contribution is -0.107. The Hall–Kier alpha value is -1.94. The van der Waals surface area contributed by atoms with Gasteiger partial charge >= 0.3 is 0 Å². The first-order valence-corrected chi connectivity index (χ1v) is 6.79. The van der Waals surface area contributed by atoms with Gasteiger partial charge in [-0.1, -0.05) is 24.3 Å². The maximum atomic E-state index is 11.9. The van der Waals surface area contributed by atoms with Crippen LogP contribution in [0.5, 0.6) is 0 Å². The lowest BCUT2D eigenvalue weighted by atomic mass is 10.1. The van der Waals surface area contributed by atoms with Gasteiger partial charge in [0.1, 0.15) is 6.29 Å². The molecule has 2 N–H and O–H groups in total. The highest BCUT2D eigenvalue weighted by molar-refractivity contribution is 5.94. The number of carbonyl (C=O) groups is 2. The number of allylic oxidation sites excluding steroid dienone is 1. The van der Waals surface area contributed by atoms with Gasteiger partial charge in [-0.2, -0.15) is 0 Å². The van der Waals surface area contributed by atoms with Gasteiger partial charge in [-0.15, -0.1) is 0 Å². The molecule has 1 unspecified atom stereocenters. The van der Waals surface area contributed by atoms with Gasteiger partial charge < -0.3 is 15.2 Å². The largest absolute Gasteiger partial charge is 0.394 e. The van der Waals surface area contributed by atoms with Gasteiger partial charge in [0, 0.05) is 18.0 Å². The Morgan fingerprint density at radius 3 is 2.90 bits per heavy atom. The molecule has 1 rings (SSSR count). The maximum Gasteiger partial charge on any atom is 0.251 e. The summed E-state index contributed by atoms with van der Waals surface area (Å²) in [5.74, 6) is -0.192. The molecule has 1 atom stereocenters. The van der Waals surface area contributed by atoms with Crippen LogP contribution < -0.4 is 5.32 Å². The number of nitrogens with one attached hydrogen (secondary N) is 1. The fourth-order valence-corrected chi connectivity index (χ4v) is 1.67. The van der Waals surface area contributed by atoms with Crippen LogP contribution in [0.1, 0.15) is 42.1 Å². The van der Waals surface area contributed by atoms with Gasteiger partial charge in [-0.05, 0) is 37.5 Å². The molecular weight excluding hydrogens is 254 g/mol. The molecule has 108 valence electrons. The summed E-state index contributed by atoms with van der Waals surface area (Å²) in [4.78, 5) is 22.1. The molecule has 0 aliphatic rings. The van der Waals surface area contributed by atoms with Gasteiger partial charge in [-0.25, -0.2) is 0 Å². The van der Waals surface area contributed by atoms with Crippen LogP contribution in [-0.4, -0.2) is 29.9 Å². The highest BCUT2D eigenvalue weighted by Gasteiger charge is 2.08. The molecule has 1 amide bonds. The zero-order valence-corrected chi connectivity index (χ0v) is 11.7. The first-order chi connectivity index (χ1) is 9.67. The summed E-state index contributed by atoms with van der Waals surface area (Å²) in [6.07, 6.45) is 7.12. The van der Waals surface area contributed by atoms with E-state index < -0.39 is 0 Å². The summed E-state index contributed by atoms with van der Waals surface area (Å²) in [7, 11) is 0. The third-order valence-corrected chi connectivity index (χ3v) is 2.80. The second kappa shape index (κ2) is 9.04. The minimum absolute atomic E-state index is 0.0813. The van der Waals surface area contributed by atoms with E-state index in [1.807, 2.05) is 24.3 Å². The van der Waals surface area contributed by atoms with Gasteiger partial charge in [0.25, 0.3) is 5.91 Å². The maximum absolute atomic E-state index is 11.9. The van der Waals surface area contributed by atoms with Crippen LogP contribution in [0.2, 0.25) is 0 Å². The van der Waals surface area contributed by atoms with E-state index in [-0.39, 0.29) is 18.6 Å². The average Bonchev–Trinajstić information content (AvgIpc) is 2.47. The van der Waals surface area contributed by atoms with Crippen LogP contribution in [0.3, 0.4) is 0 Å². The van der Waals surface area contributed by atoms with Crippen LogP contribution >= 0.6 is 0 Å². The Kier molecular flexibility index (Phi) is 7.29. The summed E-state index contributed by atoms with van der Waals surface area (Å²) in [5, 5.41) is 11.6. The molecule has 0 aromatic heterocycles. The fourth-order valence-electron chi connectivity index (χ4n) is 1.67. The number of unbranched alkanes of at least 4 members (excludes halogenated alkanes) is 2. The van der Waals surface area contributed by atoms with Crippen molar-refractivity contribution in [2.45, 2.75) is 32.2 Å². The molecule has 0 fully saturated rings. The zero-order valence-electron chi connectivity index (χ0n) is 11.7. The predicted octanol–water partition coefficient (Wildman–Crippen LogP) is 2.18. The number of rotatable bonds is 8. The molecule has 0 aliphatic heterocycles. The minimum atomic E-state index is -0.259. The fraction of sp³-hybridized carbons (Fsp3) is 0.375. The number of hydrogen-bond acceptors (Lipinski definition) is 3. The quantitative estimate of drug-likeness (QED) is 0.564. The van der Waals surface area contributed by atoms with Gasteiger partial charge in [-0.3, -0.25) is 4.79 Å². The first-order valence-electron chi connectivity index (χ1n) is 6.79. The summed E-state index contributed by atoms with van der Waals surface area (Å²) in [6.45, 7) is 1.66. The number of aliphatic hydroxyl groups excluding tert-OH is 1. The SMILES string of the molecule is CC(CO)NC(=O)c1cccc(/C=C\CCCC=O)c1. The van der Waals surface area contributed by atoms with Crippen LogP contribution in [0.4, 0.5) is 0 Å². The van der Waals surface area contributed by atoms with E-state index in [4.69, 9.17) is 5.11 Å². The topological polar surface area (TPSA) is 66.4 Å². The summed E-state index contributed by atoms with van der Waals surface area (Å²) >= 11 is 0. The Bertz CT molecular complexity index is 469. The normalized spacial score (nSPS) is 12.3. The van der Waals surface area contributed by atoms with E-state index >= 15 is 0 Å². The van der Waals surface area contributed by atoms with Gasteiger partial charge in [0.2, 0.25) is 0 Å². The summed E-state index contributed by atoms with van der Waals surface area (Å²) in [5.41, 5.74) is 1.51. The summed E-state index contributed by atoms with van der Waals surface area (Å²) in [6, 6.07) is 7.02. The Balaban J connectivity index is 2.61. The predicted molar refractivity (Wildman–Crippen MR) is 79.4 cm³/mol. The highest BCUT2D eigenvalue weighted by Crippen LogP contribution is 2.09. The number of carbonyl (C=O) groups excluding carboxylic acids is 2. The van der Waals surface area contributed by atoms with Crippen molar-refractivity contribution in [2.75, 3.05) is 6.61 Å². The van der Waals surface area contributed by atoms with Crippen molar-refractivity contribution in [3.8, 4) is 0 Å². The molecule has 0 radical (unpaired) electrons. The highest BCUT2D eigenvalue weighted by atomic mass is 16.3. The lowest BCUT2D eigenvalue weighted by Gasteiger charge is -2.10. The van der Waals surface area contributed by atoms with E-state index in [0.29, 0.717) is 12.0 Å². The number of amides is 1. The molecule has 0 heterocycles.